The van der Waals surface area contributed by atoms with E-state index >= 15 is 0 Å². The molecule has 1 aliphatic carbocycles. The lowest BCUT2D eigenvalue weighted by Crippen LogP contribution is -2.27. The van der Waals surface area contributed by atoms with Crippen LogP contribution in [0.3, 0.4) is 0 Å². The van der Waals surface area contributed by atoms with Crippen molar-refractivity contribution in [3.63, 3.8) is 0 Å². The number of hydrogen-bond acceptors (Lipinski definition) is 3. The van der Waals surface area contributed by atoms with E-state index in [4.69, 9.17) is 4.74 Å². The average molecular weight is 345 g/mol. The van der Waals surface area contributed by atoms with Gasteiger partial charge in [-0.25, -0.2) is 9.07 Å². The molecule has 0 spiro atoms. The second-order valence-electron chi connectivity index (χ2n) is 6.54. The molecule has 0 saturated carbocycles. The molecule has 0 bridgehead atoms. The highest BCUT2D eigenvalue weighted by Crippen LogP contribution is 2.27. The molecule has 1 aromatic carbocycles. The summed E-state index contributed by atoms with van der Waals surface area (Å²) in [6, 6.07) is 6.19. The van der Waals surface area contributed by atoms with Crippen molar-refractivity contribution in [3.05, 3.63) is 47.0 Å². The Morgan fingerprint density at radius 2 is 2.08 bits per heavy atom. The summed E-state index contributed by atoms with van der Waals surface area (Å²) in [5.74, 6) is -0.433. The van der Waals surface area contributed by atoms with Gasteiger partial charge in [-0.1, -0.05) is 0 Å². The summed E-state index contributed by atoms with van der Waals surface area (Å²) in [7, 11) is 0. The molecule has 1 N–H and O–H groups in total. The van der Waals surface area contributed by atoms with Crippen LogP contribution < -0.4 is 5.32 Å². The first-order valence-electron chi connectivity index (χ1n) is 8.83. The monoisotopic (exact) mass is 345 g/mol. The minimum absolute atomic E-state index is 0.149. The van der Waals surface area contributed by atoms with Crippen LogP contribution in [-0.4, -0.2) is 34.9 Å². The van der Waals surface area contributed by atoms with Gasteiger partial charge in [-0.2, -0.15) is 5.10 Å². The molecular formula is C19H24FN3O2. The summed E-state index contributed by atoms with van der Waals surface area (Å²) in [5.41, 5.74) is 3.34. The fourth-order valence-corrected chi connectivity index (χ4v) is 3.09. The molecule has 3 rings (SSSR count). The van der Waals surface area contributed by atoms with Gasteiger partial charge < -0.3 is 10.1 Å². The van der Waals surface area contributed by atoms with Gasteiger partial charge in [0.2, 0.25) is 0 Å². The lowest BCUT2D eigenvalue weighted by atomic mass is 10.2. The fraction of sp³-hybridized carbons (Fsp3) is 0.474. The van der Waals surface area contributed by atoms with Crippen LogP contribution in [0.15, 0.2) is 24.3 Å². The van der Waals surface area contributed by atoms with Crippen LogP contribution in [0.1, 0.15) is 48.4 Å². The minimum atomic E-state index is -0.283. The lowest BCUT2D eigenvalue weighted by molar-refractivity contribution is 0.0756. The molecule has 0 aliphatic heterocycles. The standard InChI is InChI=1S/C19H24FN3O2/c1-13(2)25-12-4-11-21-19(24)18-16-5-3-6-17(16)23(22-18)15-9-7-14(20)8-10-15/h7-10,13H,3-6,11-12H2,1-2H3,(H,21,24). The molecule has 1 amide bonds. The Labute approximate surface area is 147 Å². The highest BCUT2D eigenvalue weighted by atomic mass is 19.1. The number of aromatic nitrogens is 2. The van der Waals surface area contributed by atoms with Gasteiger partial charge in [0, 0.05) is 24.4 Å². The van der Waals surface area contributed by atoms with E-state index in [-0.39, 0.29) is 17.8 Å². The molecule has 0 unspecified atom stereocenters. The van der Waals surface area contributed by atoms with E-state index < -0.39 is 0 Å². The molecule has 134 valence electrons. The largest absolute Gasteiger partial charge is 0.379 e. The first-order valence-corrected chi connectivity index (χ1v) is 8.83. The van der Waals surface area contributed by atoms with Crippen LogP contribution in [0.25, 0.3) is 5.69 Å². The first-order chi connectivity index (χ1) is 12.1. The smallest absolute Gasteiger partial charge is 0.272 e. The van der Waals surface area contributed by atoms with Crippen LogP contribution in [0.5, 0.6) is 0 Å². The SMILES string of the molecule is CC(C)OCCCNC(=O)c1nn(-c2ccc(F)cc2)c2c1CCC2. The maximum absolute atomic E-state index is 13.2. The number of carbonyl (C=O) groups excluding carboxylic acids is 1. The third kappa shape index (κ3) is 4.07. The van der Waals surface area contributed by atoms with E-state index in [1.165, 1.54) is 12.1 Å². The van der Waals surface area contributed by atoms with Gasteiger partial charge in [0.1, 0.15) is 5.82 Å². The predicted octanol–water partition coefficient (Wildman–Crippen LogP) is 3.05. The minimum Gasteiger partial charge on any atom is -0.379 e. The van der Waals surface area contributed by atoms with Crippen LogP contribution in [-0.2, 0) is 17.6 Å². The van der Waals surface area contributed by atoms with Gasteiger partial charge in [0.15, 0.2) is 5.69 Å². The number of nitrogens with one attached hydrogen (secondary N) is 1. The van der Waals surface area contributed by atoms with Gasteiger partial charge in [0.25, 0.3) is 5.91 Å². The summed E-state index contributed by atoms with van der Waals surface area (Å²) in [4.78, 5) is 12.5. The van der Waals surface area contributed by atoms with Gasteiger partial charge in [-0.15, -0.1) is 0 Å². The zero-order valence-electron chi connectivity index (χ0n) is 14.7. The fourth-order valence-electron chi connectivity index (χ4n) is 3.09. The molecule has 6 heteroatoms. The number of rotatable bonds is 7. The van der Waals surface area contributed by atoms with Crippen molar-refractivity contribution in [2.75, 3.05) is 13.2 Å². The van der Waals surface area contributed by atoms with Crippen molar-refractivity contribution in [2.24, 2.45) is 0 Å². The zero-order valence-corrected chi connectivity index (χ0v) is 14.7. The number of amides is 1. The van der Waals surface area contributed by atoms with E-state index in [1.54, 1.807) is 16.8 Å². The number of halogens is 1. The molecular weight excluding hydrogens is 321 g/mol. The van der Waals surface area contributed by atoms with Crippen molar-refractivity contribution in [3.8, 4) is 5.69 Å². The average Bonchev–Trinajstić information content (AvgIpc) is 3.17. The van der Waals surface area contributed by atoms with E-state index in [9.17, 15) is 9.18 Å². The van der Waals surface area contributed by atoms with E-state index in [2.05, 4.69) is 10.4 Å². The van der Waals surface area contributed by atoms with Crippen LogP contribution in [0.2, 0.25) is 0 Å². The highest BCUT2D eigenvalue weighted by Gasteiger charge is 2.26. The molecule has 25 heavy (non-hydrogen) atoms. The number of hydrogen-bond donors (Lipinski definition) is 1. The van der Waals surface area contributed by atoms with E-state index in [0.717, 1.165) is 42.6 Å². The predicted molar refractivity (Wildman–Crippen MR) is 93.6 cm³/mol. The Morgan fingerprint density at radius 3 is 2.80 bits per heavy atom. The van der Waals surface area contributed by atoms with Crippen LogP contribution in [0, 0.1) is 5.82 Å². The first kappa shape index (κ1) is 17.6. The highest BCUT2D eigenvalue weighted by molar-refractivity contribution is 5.94. The molecule has 1 aromatic heterocycles. The van der Waals surface area contributed by atoms with Crippen molar-refractivity contribution in [1.82, 2.24) is 15.1 Å². The normalized spacial score (nSPS) is 13.3. The molecule has 0 fully saturated rings. The molecule has 0 saturated heterocycles. The topological polar surface area (TPSA) is 56.1 Å². The van der Waals surface area contributed by atoms with Gasteiger partial charge in [-0.3, -0.25) is 4.79 Å². The van der Waals surface area contributed by atoms with Crippen LogP contribution in [0.4, 0.5) is 4.39 Å². The van der Waals surface area contributed by atoms with Crippen molar-refractivity contribution < 1.29 is 13.9 Å². The Hall–Kier alpha value is -2.21. The molecule has 0 radical (unpaired) electrons. The number of ether oxygens (including phenoxy) is 1. The third-order valence-electron chi connectivity index (χ3n) is 4.27. The number of nitrogens with zero attached hydrogens (tertiary/aromatic N) is 2. The maximum Gasteiger partial charge on any atom is 0.272 e. The third-order valence-corrected chi connectivity index (χ3v) is 4.27. The number of benzene rings is 1. The van der Waals surface area contributed by atoms with Crippen molar-refractivity contribution in [1.29, 1.82) is 0 Å². The second-order valence-corrected chi connectivity index (χ2v) is 6.54. The second kappa shape index (κ2) is 7.78. The molecule has 1 aliphatic rings. The van der Waals surface area contributed by atoms with Crippen LogP contribution >= 0.6 is 0 Å². The molecule has 0 atom stereocenters. The lowest BCUT2D eigenvalue weighted by Gasteiger charge is -2.08. The van der Waals surface area contributed by atoms with Crippen molar-refractivity contribution in [2.45, 2.75) is 45.6 Å². The van der Waals surface area contributed by atoms with Gasteiger partial charge >= 0.3 is 0 Å². The summed E-state index contributed by atoms with van der Waals surface area (Å²) < 4.78 is 20.4. The maximum atomic E-state index is 13.2. The summed E-state index contributed by atoms with van der Waals surface area (Å²) in [5, 5.41) is 7.43. The summed E-state index contributed by atoms with van der Waals surface area (Å²) in [6.45, 7) is 5.16. The van der Waals surface area contributed by atoms with Crippen molar-refractivity contribution >= 4 is 5.91 Å². The Morgan fingerprint density at radius 1 is 1.32 bits per heavy atom. The zero-order chi connectivity index (χ0) is 17.8. The van der Waals surface area contributed by atoms with Gasteiger partial charge in [0.05, 0.1) is 11.8 Å². The van der Waals surface area contributed by atoms with E-state index in [0.29, 0.717) is 18.8 Å². The van der Waals surface area contributed by atoms with Gasteiger partial charge in [-0.05, 0) is 63.8 Å². The number of carbonyl (C=O) groups is 1. The number of fused-ring (bicyclic) bond motifs is 1. The Kier molecular flexibility index (Phi) is 5.48. The van der Waals surface area contributed by atoms with E-state index in [1.807, 2.05) is 13.8 Å². The molecule has 2 aromatic rings. The Balaban J connectivity index is 1.71. The summed E-state index contributed by atoms with van der Waals surface area (Å²) >= 11 is 0. The Bertz CT molecular complexity index is 738. The molecule has 1 heterocycles. The quantitative estimate of drug-likeness (QED) is 0.785. The molecule has 5 nitrogen and oxygen atoms in total. The summed E-state index contributed by atoms with van der Waals surface area (Å²) in [6.07, 6.45) is 3.72.